The fourth-order valence-corrected chi connectivity index (χ4v) is 3.08. The van der Waals surface area contributed by atoms with Gasteiger partial charge in [-0.25, -0.2) is 4.79 Å². The van der Waals surface area contributed by atoms with Crippen LogP contribution in [-0.4, -0.2) is 23.4 Å². The van der Waals surface area contributed by atoms with Crippen LogP contribution in [0.15, 0.2) is 78.9 Å². The quantitative estimate of drug-likeness (QED) is 0.531. The average Bonchev–Trinajstić information content (AvgIpc) is 2.76. The highest BCUT2D eigenvalue weighted by atomic mass is 16.6. The molecule has 0 aliphatic carbocycles. The van der Waals surface area contributed by atoms with Crippen LogP contribution in [0.5, 0.6) is 5.75 Å². The Morgan fingerprint density at radius 2 is 1.48 bits per heavy atom. The van der Waals surface area contributed by atoms with Crippen molar-refractivity contribution < 1.29 is 19.4 Å². The molecule has 0 saturated carbocycles. The van der Waals surface area contributed by atoms with Crippen molar-refractivity contribution in [3.63, 3.8) is 0 Å². The third kappa shape index (κ3) is 6.86. The molecular formula is C26H29NO4. The number of hydrogen-bond acceptors (Lipinski definition) is 4. The Morgan fingerprint density at radius 3 is 2.03 bits per heavy atom. The van der Waals surface area contributed by atoms with Gasteiger partial charge in [0.05, 0.1) is 12.6 Å². The summed E-state index contributed by atoms with van der Waals surface area (Å²) in [6.07, 6.45) is -0.554. The van der Waals surface area contributed by atoms with Crippen molar-refractivity contribution in [2.45, 2.75) is 39.0 Å². The van der Waals surface area contributed by atoms with E-state index in [0.717, 1.165) is 28.0 Å². The zero-order valence-electron chi connectivity index (χ0n) is 18.2. The zero-order chi connectivity index (χ0) is 22.3. The number of alkyl carbamates (subject to hydrolysis) is 1. The van der Waals surface area contributed by atoms with E-state index >= 15 is 0 Å². The number of aliphatic hydroxyl groups is 1. The van der Waals surface area contributed by atoms with E-state index < -0.39 is 17.7 Å². The standard InChI is InChI=1S/C26H29NO4/c1-26(2,3)31-25(29)27-24(17-28)22-11-9-20(10-12-22)21-13-15-23(16-14-21)30-18-19-7-5-4-6-8-19/h4-16,24,28H,17-18H2,1-3H3,(H,27,29)/t24-/m0/s1. The second kappa shape index (κ2) is 10.1. The molecule has 0 aromatic heterocycles. The van der Waals surface area contributed by atoms with Crippen LogP contribution in [0.2, 0.25) is 0 Å². The third-order valence-electron chi connectivity index (χ3n) is 4.62. The first-order valence-corrected chi connectivity index (χ1v) is 10.3. The van der Waals surface area contributed by atoms with E-state index in [1.165, 1.54) is 0 Å². The highest BCUT2D eigenvalue weighted by Crippen LogP contribution is 2.25. The molecular weight excluding hydrogens is 390 g/mol. The number of hydrogen-bond donors (Lipinski definition) is 2. The van der Waals surface area contributed by atoms with Gasteiger partial charge in [0.1, 0.15) is 18.0 Å². The molecule has 0 spiro atoms. The molecule has 5 heteroatoms. The van der Waals surface area contributed by atoms with Crippen molar-refractivity contribution in [3.05, 3.63) is 90.0 Å². The van der Waals surface area contributed by atoms with Gasteiger partial charge in [-0.05, 0) is 55.2 Å². The fraction of sp³-hybridized carbons (Fsp3) is 0.269. The number of benzene rings is 3. The van der Waals surface area contributed by atoms with Crippen LogP contribution in [0.3, 0.4) is 0 Å². The minimum Gasteiger partial charge on any atom is -0.489 e. The van der Waals surface area contributed by atoms with Gasteiger partial charge in [-0.1, -0.05) is 66.7 Å². The molecule has 0 saturated heterocycles. The minimum absolute atomic E-state index is 0.216. The van der Waals surface area contributed by atoms with E-state index in [4.69, 9.17) is 9.47 Å². The Kier molecular flexibility index (Phi) is 7.32. The number of aliphatic hydroxyl groups excluding tert-OH is 1. The van der Waals surface area contributed by atoms with Crippen LogP contribution in [0.25, 0.3) is 11.1 Å². The highest BCUT2D eigenvalue weighted by Gasteiger charge is 2.20. The molecule has 0 unspecified atom stereocenters. The maximum Gasteiger partial charge on any atom is 0.408 e. The van der Waals surface area contributed by atoms with Gasteiger partial charge in [0.25, 0.3) is 0 Å². The number of amides is 1. The number of nitrogens with one attached hydrogen (secondary N) is 1. The first-order chi connectivity index (χ1) is 14.8. The molecule has 0 bridgehead atoms. The summed E-state index contributed by atoms with van der Waals surface area (Å²) < 4.78 is 11.1. The van der Waals surface area contributed by atoms with Crippen LogP contribution in [0, 0.1) is 0 Å². The third-order valence-corrected chi connectivity index (χ3v) is 4.62. The van der Waals surface area contributed by atoms with Crippen molar-refractivity contribution in [3.8, 4) is 16.9 Å². The lowest BCUT2D eigenvalue weighted by Crippen LogP contribution is -2.36. The topological polar surface area (TPSA) is 67.8 Å². The number of carbonyl (C=O) groups is 1. The number of rotatable bonds is 7. The largest absolute Gasteiger partial charge is 0.489 e. The van der Waals surface area contributed by atoms with Gasteiger partial charge in [0.2, 0.25) is 0 Å². The summed E-state index contributed by atoms with van der Waals surface area (Å²) in [7, 11) is 0. The van der Waals surface area contributed by atoms with Crippen molar-refractivity contribution in [1.82, 2.24) is 5.32 Å². The SMILES string of the molecule is CC(C)(C)OC(=O)N[C@@H](CO)c1ccc(-c2ccc(OCc3ccccc3)cc2)cc1. The van der Waals surface area contributed by atoms with E-state index in [2.05, 4.69) is 5.32 Å². The molecule has 3 rings (SSSR count). The molecule has 0 aliphatic heterocycles. The molecule has 0 fully saturated rings. The molecule has 1 atom stereocenters. The molecule has 2 N–H and O–H groups in total. The predicted octanol–water partition coefficient (Wildman–Crippen LogP) is 5.49. The van der Waals surface area contributed by atoms with Gasteiger partial charge in [-0.15, -0.1) is 0 Å². The van der Waals surface area contributed by atoms with Crippen LogP contribution >= 0.6 is 0 Å². The molecule has 0 aliphatic rings. The lowest BCUT2D eigenvalue weighted by molar-refractivity contribution is 0.0482. The van der Waals surface area contributed by atoms with Gasteiger partial charge in [0, 0.05) is 0 Å². The zero-order valence-corrected chi connectivity index (χ0v) is 18.2. The van der Waals surface area contributed by atoms with Gasteiger partial charge in [-0.3, -0.25) is 0 Å². The minimum atomic E-state index is -0.592. The highest BCUT2D eigenvalue weighted by molar-refractivity contribution is 5.69. The lowest BCUT2D eigenvalue weighted by atomic mass is 10.0. The maximum absolute atomic E-state index is 12.0. The monoisotopic (exact) mass is 419 g/mol. The normalized spacial score (nSPS) is 12.1. The molecule has 0 heterocycles. The van der Waals surface area contributed by atoms with Crippen LogP contribution in [0.4, 0.5) is 4.79 Å². The van der Waals surface area contributed by atoms with Crippen molar-refractivity contribution in [2.24, 2.45) is 0 Å². The Bertz CT molecular complexity index is 961. The van der Waals surface area contributed by atoms with E-state index in [1.54, 1.807) is 20.8 Å². The van der Waals surface area contributed by atoms with Crippen LogP contribution in [0.1, 0.15) is 37.9 Å². The Morgan fingerprint density at radius 1 is 0.903 bits per heavy atom. The number of ether oxygens (including phenoxy) is 2. The summed E-state index contributed by atoms with van der Waals surface area (Å²) in [5, 5.41) is 12.4. The fourth-order valence-electron chi connectivity index (χ4n) is 3.08. The van der Waals surface area contributed by atoms with E-state index in [0.29, 0.717) is 6.61 Å². The molecule has 3 aromatic carbocycles. The maximum atomic E-state index is 12.0. The average molecular weight is 420 g/mol. The molecule has 0 radical (unpaired) electrons. The predicted molar refractivity (Wildman–Crippen MR) is 122 cm³/mol. The molecule has 31 heavy (non-hydrogen) atoms. The summed E-state index contributed by atoms with van der Waals surface area (Å²) in [4.78, 5) is 12.0. The van der Waals surface area contributed by atoms with E-state index in [9.17, 15) is 9.90 Å². The molecule has 1 amide bonds. The first-order valence-electron chi connectivity index (χ1n) is 10.3. The Balaban J connectivity index is 1.61. The van der Waals surface area contributed by atoms with E-state index in [-0.39, 0.29) is 6.61 Å². The van der Waals surface area contributed by atoms with Gasteiger partial charge in [-0.2, -0.15) is 0 Å². The van der Waals surface area contributed by atoms with Gasteiger partial charge in [0.15, 0.2) is 0 Å². The second-order valence-corrected chi connectivity index (χ2v) is 8.30. The molecule has 5 nitrogen and oxygen atoms in total. The summed E-state index contributed by atoms with van der Waals surface area (Å²) in [5.74, 6) is 0.811. The lowest BCUT2D eigenvalue weighted by Gasteiger charge is -2.23. The van der Waals surface area contributed by atoms with Crippen LogP contribution < -0.4 is 10.1 Å². The van der Waals surface area contributed by atoms with Gasteiger partial charge >= 0.3 is 6.09 Å². The van der Waals surface area contributed by atoms with Crippen molar-refractivity contribution >= 4 is 6.09 Å². The first kappa shape index (κ1) is 22.4. The van der Waals surface area contributed by atoms with E-state index in [1.807, 2.05) is 78.9 Å². The molecule has 162 valence electrons. The smallest absolute Gasteiger partial charge is 0.408 e. The summed E-state index contributed by atoms with van der Waals surface area (Å²) >= 11 is 0. The summed E-state index contributed by atoms with van der Waals surface area (Å²) in [6, 6.07) is 25.2. The Hall–Kier alpha value is -3.31. The van der Waals surface area contributed by atoms with Crippen LogP contribution in [-0.2, 0) is 11.3 Å². The van der Waals surface area contributed by atoms with Gasteiger partial charge < -0.3 is 19.9 Å². The summed E-state index contributed by atoms with van der Waals surface area (Å²) in [6.45, 7) is 5.71. The molecule has 3 aromatic rings. The summed E-state index contributed by atoms with van der Waals surface area (Å²) in [5.41, 5.74) is 3.43. The van der Waals surface area contributed by atoms with Crippen molar-refractivity contribution in [2.75, 3.05) is 6.61 Å². The second-order valence-electron chi connectivity index (χ2n) is 8.30. The van der Waals surface area contributed by atoms with Crippen molar-refractivity contribution in [1.29, 1.82) is 0 Å². The Labute approximate surface area is 183 Å². The number of carbonyl (C=O) groups excluding carboxylic acids is 1.